The molecular formula is C18H28O. The van der Waals surface area contributed by atoms with E-state index in [-0.39, 0.29) is 5.60 Å². The van der Waals surface area contributed by atoms with E-state index in [0.717, 1.165) is 36.5 Å². The lowest BCUT2D eigenvalue weighted by Gasteiger charge is -2.48. The number of hydrogen-bond donors (Lipinski definition) is 1. The molecule has 0 aromatic carbocycles. The van der Waals surface area contributed by atoms with Gasteiger partial charge in [0.25, 0.3) is 0 Å². The van der Waals surface area contributed by atoms with Crippen LogP contribution in [0.15, 0.2) is 11.1 Å². The second kappa shape index (κ2) is 4.35. The lowest BCUT2D eigenvalue weighted by molar-refractivity contribution is 0.0168. The number of fused-ring (bicyclic) bond motifs is 4. The average molecular weight is 260 g/mol. The first-order chi connectivity index (χ1) is 9.17. The number of aliphatic hydroxyl groups is 1. The molecule has 0 spiro atoms. The van der Waals surface area contributed by atoms with E-state index >= 15 is 0 Å². The second-order valence-electron chi connectivity index (χ2n) is 7.93. The molecule has 0 bridgehead atoms. The minimum absolute atomic E-state index is 0.374. The van der Waals surface area contributed by atoms with Crippen molar-refractivity contribution in [1.29, 1.82) is 0 Å². The molecular weight excluding hydrogens is 232 g/mol. The Balaban J connectivity index is 1.70. The van der Waals surface area contributed by atoms with E-state index < -0.39 is 0 Å². The van der Waals surface area contributed by atoms with Crippen molar-refractivity contribution in [2.75, 3.05) is 0 Å². The highest BCUT2D eigenvalue weighted by Gasteiger charge is 2.48. The van der Waals surface area contributed by atoms with Crippen LogP contribution in [0.2, 0.25) is 0 Å². The Labute approximate surface area is 117 Å². The fourth-order valence-electron chi connectivity index (χ4n) is 6.05. The molecule has 0 saturated heterocycles. The molecule has 0 aromatic heterocycles. The van der Waals surface area contributed by atoms with Crippen LogP contribution in [0.4, 0.5) is 0 Å². The molecule has 3 saturated carbocycles. The summed E-state index contributed by atoms with van der Waals surface area (Å²) in [6, 6.07) is 0. The maximum absolute atomic E-state index is 11.0. The third-order valence-electron chi connectivity index (χ3n) is 6.82. The summed E-state index contributed by atoms with van der Waals surface area (Å²) in [6.45, 7) is 2.45. The zero-order valence-corrected chi connectivity index (χ0v) is 12.3. The molecule has 0 amide bonds. The van der Waals surface area contributed by atoms with E-state index in [1.54, 1.807) is 5.57 Å². The zero-order valence-electron chi connectivity index (χ0n) is 12.3. The first-order valence-corrected chi connectivity index (χ1v) is 8.62. The number of allylic oxidation sites excluding steroid dienone is 1. The largest absolute Gasteiger partial charge is 0.386 e. The molecule has 4 rings (SSSR count). The van der Waals surface area contributed by atoms with Crippen LogP contribution in [0.3, 0.4) is 0 Å². The van der Waals surface area contributed by atoms with E-state index in [9.17, 15) is 5.11 Å². The van der Waals surface area contributed by atoms with E-state index in [4.69, 9.17) is 0 Å². The Morgan fingerprint density at radius 2 is 1.95 bits per heavy atom. The summed E-state index contributed by atoms with van der Waals surface area (Å²) in [5.74, 6) is 3.79. The minimum atomic E-state index is -0.374. The number of hydrogen-bond acceptors (Lipinski definition) is 1. The molecule has 5 atom stereocenters. The highest BCUT2D eigenvalue weighted by atomic mass is 16.3. The second-order valence-corrected chi connectivity index (χ2v) is 7.93. The highest BCUT2D eigenvalue weighted by molar-refractivity contribution is 5.33. The third-order valence-corrected chi connectivity index (χ3v) is 6.82. The molecule has 4 aliphatic rings. The molecule has 19 heavy (non-hydrogen) atoms. The monoisotopic (exact) mass is 260 g/mol. The fourth-order valence-corrected chi connectivity index (χ4v) is 6.05. The Hall–Kier alpha value is -0.300. The van der Waals surface area contributed by atoms with Gasteiger partial charge in [0, 0.05) is 0 Å². The van der Waals surface area contributed by atoms with Crippen LogP contribution in [-0.2, 0) is 0 Å². The molecule has 0 heterocycles. The van der Waals surface area contributed by atoms with E-state index in [1.165, 1.54) is 56.9 Å². The van der Waals surface area contributed by atoms with Crippen LogP contribution < -0.4 is 0 Å². The van der Waals surface area contributed by atoms with Gasteiger partial charge in [0.15, 0.2) is 0 Å². The Morgan fingerprint density at radius 1 is 1.05 bits per heavy atom. The molecule has 1 heteroatoms. The van der Waals surface area contributed by atoms with Gasteiger partial charge in [0.05, 0.1) is 5.60 Å². The van der Waals surface area contributed by atoms with Gasteiger partial charge in [-0.25, -0.2) is 0 Å². The van der Waals surface area contributed by atoms with Crippen LogP contribution in [0.5, 0.6) is 0 Å². The molecule has 1 N–H and O–H groups in total. The molecule has 0 radical (unpaired) electrons. The molecule has 1 nitrogen and oxygen atoms in total. The lowest BCUT2D eigenvalue weighted by Crippen LogP contribution is -2.42. The van der Waals surface area contributed by atoms with Gasteiger partial charge in [0.1, 0.15) is 0 Å². The summed E-state index contributed by atoms with van der Waals surface area (Å²) in [7, 11) is 0. The van der Waals surface area contributed by atoms with Crippen LogP contribution in [0.25, 0.3) is 0 Å². The van der Waals surface area contributed by atoms with E-state index in [2.05, 4.69) is 6.92 Å². The lowest BCUT2D eigenvalue weighted by atomic mass is 9.59. The number of rotatable bonds is 0. The summed E-state index contributed by atoms with van der Waals surface area (Å²) in [5, 5.41) is 11.0. The van der Waals surface area contributed by atoms with E-state index in [0.29, 0.717) is 0 Å². The van der Waals surface area contributed by atoms with Gasteiger partial charge in [-0.2, -0.15) is 0 Å². The normalized spacial score (nSPS) is 49.6. The molecule has 3 fully saturated rings. The van der Waals surface area contributed by atoms with Gasteiger partial charge in [-0.1, -0.05) is 12.5 Å². The van der Waals surface area contributed by atoms with Gasteiger partial charge in [-0.15, -0.1) is 0 Å². The van der Waals surface area contributed by atoms with Crippen molar-refractivity contribution >= 4 is 0 Å². The van der Waals surface area contributed by atoms with E-state index in [1.807, 2.05) is 0 Å². The standard InChI is InChI=1S/C18H28O/c1-12-10-13-5-6-15-14(16(13)11-12)7-9-18(19)8-3-2-4-17(15)18/h12-14,16,19H,2-11H2,1H3/t12?,13-,14-,16-,18+/m1/s1. The summed E-state index contributed by atoms with van der Waals surface area (Å²) in [6.07, 6.45) is 12.8. The predicted octanol–water partition coefficient (Wildman–Crippen LogP) is 4.45. The SMILES string of the molecule is CC1C[C@H]2CCC3=C4CCCC[C@]4(O)CC[C@H]3[C@@H]2C1. The zero-order chi connectivity index (χ0) is 13.0. The predicted molar refractivity (Wildman–Crippen MR) is 77.8 cm³/mol. The van der Waals surface area contributed by atoms with Gasteiger partial charge in [-0.3, -0.25) is 0 Å². The molecule has 4 aliphatic carbocycles. The molecule has 0 aromatic rings. The summed E-state index contributed by atoms with van der Waals surface area (Å²) >= 11 is 0. The van der Waals surface area contributed by atoms with Crippen molar-refractivity contribution in [2.24, 2.45) is 23.7 Å². The van der Waals surface area contributed by atoms with Crippen LogP contribution >= 0.6 is 0 Å². The summed E-state index contributed by atoms with van der Waals surface area (Å²) < 4.78 is 0. The maximum atomic E-state index is 11.0. The average Bonchev–Trinajstić information content (AvgIpc) is 2.78. The Bertz CT molecular complexity index is 410. The van der Waals surface area contributed by atoms with Crippen molar-refractivity contribution in [3.8, 4) is 0 Å². The van der Waals surface area contributed by atoms with Crippen LogP contribution in [0, 0.1) is 23.7 Å². The van der Waals surface area contributed by atoms with Gasteiger partial charge < -0.3 is 5.11 Å². The van der Waals surface area contributed by atoms with Crippen molar-refractivity contribution in [3.05, 3.63) is 11.1 Å². The van der Waals surface area contributed by atoms with Crippen LogP contribution in [-0.4, -0.2) is 10.7 Å². The van der Waals surface area contributed by atoms with Crippen molar-refractivity contribution in [3.63, 3.8) is 0 Å². The molecule has 106 valence electrons. The van der Waals surface area contributed by atoms with Crippen molar-refractivity contribution in [2.45, 2.75) is 76.7 Å². The first-order valence-electron chi connectivity index (χ1n) is 8.62. The first kappa shape index (κ1) is 12.4. The Morgan fingerprint density at radius 3 is 2.84 bits per heavy atom. The minimum Gasteiger partial charge on any atom is -0.386 e. The summed E-state index contributed by atoms with van der Waals surface area (Å²) in [5.41, 5.74) is 2.89. The molecule has 0 aliphatic heterocycles. The van der Waals surface area contributed by atoms with Crippen molar-refractivity contribution in [1.82, 2.24) is 0 Å². The smallest absolute Gasteiger partial charge is 0.0859 e. The van der Waals surface area contributed by atoms with Gasteiger partial charge in [0.2, 0.25) is 0 Å². The van der Waals surface area contributed by atoms with Crippen molar-refractivity contribution < 1.29 is 5.11 Å². The summed E-state index contributed by atoms with van der Waals surface area (Å²) in [4.78, 5) is 0. The Kier molecular flexibility index (Phi) is 2.85. The van der Waals surface area contributed by atoms with Gasteiger partial charge >= 0.3 is 0 Å². The third kappa shape index (κ3) is 1.84. The topological polar surface area (TPSA) is 20.2 Å². The fraction of sp³-hybridized carbons (Fsp3) is 0.889. The van der Waals surface area contributed by atoms with Crippen LogP contribution in [0.1, 0.15) is 71.1 Å². The van der Waals surface area contributed by atoms with Gasteiger partial charge in [-0.05, 0) is 93.5 Å². The quantitative estimate of drug-likeness (QED) is 0.638. The maximum Gasteiger partial charge on any atom is 0.0859 e. The highest BCUT2D eigenvalue weighted by Crippen LogP contribution is 2.57. The molecule has 1 unspecified atom stereocenters.